The van der Waals surface area contributed by atoms with Crippen molar-refractivity contribution in [3.63, 3.8) is 0 Å². The van der Waals surface area contributed by atoms with Crippen LogP contribution in [-0.4, -0.2) is 42.1 Å². The number of hydrogen-bond donors (Lipinski definition) is 1. The Labute approximate surface area is 161 Å². The van der Waals surface area contributed by atoms with Crippen molar-refractivity contribution in [2.45, 2.75) is 85.0 Å². The molecule has 0 aliphatic heterocycles. The summed E-state index contributed by atoms with van der Waals surface area (Å²) >= 11 is 0. The van der Waals surface area contributed by atoms with Crippen molar-refractivity contribution in [2.75, 3.05) is 13.2 Å². The van der Waals surface area contributed by atoms with Crippen LogP contribution in [0, 0.1) is 11.3 Å². The third-order valence-corrected chi connectivity index (χ3v) is 7.24. The zero-order valence-electron chi connectivity index (χ0n) is 16.9. The third-order valence-electron chi connectivity index (χ3n) is 3.79. The molecule has 160 valence electrons. The first-order valence-electron chi connectivity index (χ1n) is 9.34. The zero-order chi connectivity index (χ0) is 21.1. The SMILES string of the molecule is CCCCCCO[PH](NC(=O)C(F)(F)F)(OCCC#N)N(C(C)C)C(C)C. The Morgan fingerprint density at radius 1 is 1.11 bits per heavy atom. The van der Waals surface area contributed by atoms with Gasteiger partial charge in [-0.25, -0.2) is 0 Å². The van der Waals surface area contributed by atoms with E-state index in [1.807, 2.05) is 18.1 Å². The van der Waals surface area contributed by atoms with E-state index in [0.29, 0.717) is 6.42 Å². The quantitative estimate of drug-likeness (QED) is 0.348. The van der Waals surface area contributed by atoms with Gasteiger partial charge >= 0.3 is 160 Å². The molecule has 0 aliphatic rings. The maximum absolute atomic E-state index is 13.0. The fraction of sp³-hybridized carbons (Fsp3) is 0.882. The zero-order valence-corrected chi connectivity index (χ0v) is 17.9. The Balaban J connectivity index is 5.72. The summed E-state index contributed by atoms with van der Waals surface area (Å²) in [5.41, 5.74) is 0. The van der Waals surface area contributed by atoms with Crippen LogP contribution in [0.4, 0.5) is 13.2 Å². The molecule has 0 aromatic carbocycles. The molecule has 6 nitrogen and oxygen atoms in total. The fourth-order valence-electron chi connectivity index (χ4n) is 2.79. The van der Waals surface area contributed by atoms with Crippen molar-refractivity contribution >= 4 is 13.9 Å². The number of alkyl halides is 3. The number of carbonyl (C=O) groups is 1. The molecule has 0 unspecified atom stereocenters. The molecule has 0 spiro atoms. The number of hydrogen-bond acceptors (Lipinski definition) is 5. The summed E-state index contributed by atoms with van der Waals surface area (Å²) in [6.07, 6.45) is -1.55. The maximum atomic E-state index is 13.0. The minimum atomic E-state index is -5.05. The molecular weight excluding hydrogens is 382 g/mol. The third kappa shape index (κ3) is 9.20. The predicted molar refractivity (Wildman–Crippen MR) is 101 cm³/mol. The summed E-state index contributed by atoms with van der Waals surface area (Å²) in [7, 11) is -3.96. The fourth-order valence-corrected chi connectivity index (χ4v) is 6.04. The van der Waals surface area contributed by atoms with Crippen molar-refractivity contribution < 1.29 is 27.0 Å². The summed E-state index contributed by atoms with van der Waals surface area (Å²) in [4.78, 5) is 11.7. The van der Waals surface area contributed by atoms with E-state index in [-0.39, 0.29) is 31.7 Å². The van der Waals surface area contributed by atoms with Crippen LogP contribution < -0.4 is 5.09 Å². The number of carbonyl (C=O) groups excluding carboxylic acids is 1. The molecule has 1 N–H and O–H groups in total. The standard InChI is InChI=1S/C17H33F3N3O3P/c1-6-7-8-9-12-25-27(26-13-10-11-21,22-16(24)17(18,19)20)23(14(2)3)15(4)5/h14-15,27H,6-10,12-13H2,1-5H3,(H,22,24). The van der Waals surface area contributed by atoms with Gasteiger partial charge < -0.3 is 0 Å². The second kappa shape index (κ2) is 12.5. The molecule has 27 heavy (non-hydrogen) atoms. The second-order valence-corrected chi connectivity index (χ2v) is 9.30. The monoisotopic (exact) mass is 415 g/mol. The molecule has 1 amide bonds. The van der Waals surface area contributed by atoms with E-state index in [4.69, 9.17) is 14.3 Å². The molecule has 0 saturated carbocycles. The van der Waals surface area contributed by atoms with Crippen molar-refractivity contribution in [1.82, 2.24) is 9.76 Å². The van der Waals surface area contributed by atoms with Crippen molar-refractivity contribution in [3.05, 3.63) is 0 Å². The second-order valence-electron chi connectivity index (χ2n) is 6.79. The topological polar surface area (TPSA) is 74.6 Å². The van der Waals surface area contributed by atoms with E-state index >= 15 is 0 Å². The van der Waals surface area contributed by atoms with Crippen LogP contribution in [0.2, 0.25) is 0 Å². The number of amides is 1. The minimum absolute atomic E-state index is 0.0140. The first-order valence-corrected chi connectivity index (χ1v) is 11.1. The average Bonchev–Trinajstić information content (AvgIpc) is 2.53. The van der Waals surface area contributed by atoms with E-state index in [2.05, 4.69) is 0 Å². The van der Waals surface area contributed by atoms with Crippen LogP contribution in [0.15, 0.2) is 0 Å². The van der Waals surface area contributed by atoms with Gasteiger partial charge in [-0.15, -0.1) is 0 Å². The summed E-state index contributed by atoms with van der Waals surface area (Å²) in [5, 5.41) is 10.8. The van der Waals surface area contributed by atoms with E-state index < -0.39 is 20.1 Å². The number of unbranched alkanes of at least 4 members (excludes halogenated alkanes) is 3. The van der Waals surface area contributed by atoms with Gasteiger partial charge in [0.25, 0.3) is 0 Å². The number of halogens is 3. The van der Waals surface area contributed by atoms with Crippen molar-refractivity contribution in [3.8, 4) is 6.07 Å². The van der Waals surface area contributed by atoms with Gasteiger partial charge in [0.2, 0.25) is 0 Å². The molecule has 0 bridgehead atoms. The normalized spacial score (nSPS) is 13.3. The molecule has 0 saturated heterocycles. The van der Waals surface area contributed by atoms with Gasteiger partial charge in [-0.2, -0.15) is 0 Å². The number of nitriles is 1. The molecule has 0 aromatic rings. The molecule has 0 aliphatic carbocycles. The Morgan fingerprint density at radius 2 is 1.67 bits per heavy atom. The molecule has 0 fully saturated rings. The molecule has 0 aromatic heterocycles. The van der Waals surface area contributed by atoms with Crippen LogP contribution in [0.1, 0.15) is 66.7 Å². The molecule has 0 atom stereocenters. The van der Waals surface area contributed by atoms with Gasteiger partial charge in [0.05, 0.1) is 0 Å². The molecule has 0 radical (unpaired) electrons. The number of nitrogens with one attached hydrogen (secondary N) is 1. The average molecular weight is 415 g/mol. The predicted octanol–water partition coefficient (Wildman–Crippen LogP) is 4.72. The Morgan fingerprint density at radius 3 is 2.11 bits per heavy atom. The van der Waals surface area contributed by atoms with Crippen molar-refractivity contribution in [2.24, 2.45) is 0 Å². The van der Waals surface area contributed by atoms with E-state index in [0.717, 1.165) is 19.3 Å². The van der Waals surface area contributed by atoms with Crippen LogP contribution in [0.5, 0.6) is 0 Å². The Hall–Kier alpha value is -0.940. The Kier molecular flexibility index (Phi) is 12.1. The van der Waals surface area contributed by atoms with E-state index in [9.17, 15) is 18.0 Å². The first-order chi connectivity index (χ1) is 12.5. The van der Waals surface area contributed by atoms with Gasteiger partial charge in [0.15, 0.2) is 0 Å². The molecule has 0 rings (SSSR count). The Bertz CT molecular complexity index is 476. The summed E-state index contributed by atoms with van der Waals surface area (Å²) in [6, 6.07) is 1.43. The summed E-state index contributed by atoms with van der Waals surface area (Å²) in [5.74, 6) is -2.09. The van der Waals surface area contributed by atoms with Crippen LogP contribution >= 0.6 is 8.02 Å². The van der Waals surface area contributed by atoms with Crippen LogP contribution in [-0.2, 0) is 13.8 Å². The van der Waals surface area contributed by atoms with Crippen LogP contribution in [0.3, 0.4) is 0 Å². The van der Waals surface area contributed by atoms with Gasteiger partial charge in [-0.05, 0) is 0 Å². The van der Waals surface area contributed by atoms with Gasteiger partial charge in [0, 0.05) is 0 Å². The van der Waals surface area contributed by atoms with Gasteiger partial charge in [-0.1, -0.05) is 0 Å². The van der Waals surface area contributed by atoms with Crippen LogP contribution in [0.25, 0.3) is 0 Å². The summed E-state index contributed by atoms with van der Waals surface area (Å²) in [6.45, 7) is 9.31. The molecule has 0 heterocycles. The van der Waals surface area contributed by atoms with E-state index in [1.54, 1.807) is 32.4 Å². The number of rotatable bonds is 13. The van der Waals surface area contributed by atoms with Crippen molar-refractivity contribution in [1.29, 1.82) is 5.26 Å². The summed E-state index contributed by atoms with van der Waals surface area (Å²) < 4.78 is 52.1. The van der Waals surface area contributed by atoms with Gasteiger partial charge in [-0.3, -0.25) is 0 Å². The first kappa shape index (κ1) is 26.1. The van der Waals surface area contributed by atoms with E-state index in [1.165, 1.54) is 0 Å². The number of nitrogens with zero attached hydrogens (tertiary/aromatic N) is 2. The molecule has 10 heteroatoms. The molecular formula is C17H33F3N3O3P. The van der Waals surface area contributed by atoms with Gasteiger partial charge in [0.1, 0.15) is 0 Å².